The lowest BCUT2D eigenvalue weighted by Crippen LogP contribution is -2.43. The monoisotopic (exact) mass is 359 g/mol. The first-order valence-electron chi connectivity index (χ1n) is 8.73. The van der Waals surface area contributed by atoms with E-state index >= 15 is 0 Å². The van der Waals surface area contributed by atoms with E-state index in [2.05, 4.69) is 76.9 Å². The van der Waals surface area contributed by atoms with Gasteiger partial charge >= 0.3 is 0 Å². The minimum Gasteiger partial charge on any atom is -0.378 e. The maximum absolute atomic E-state index is 5.62. The van der Waals surface area contributed by atoms with E-state index in [-0.39, 0.29) is 0 Å². The smallest absolute Gasteiger partial charge is 0.169 e. The lowest BCUT2D eigenvalue weighted by Gasteiger charge is -2.27. The summed E-state index contributed by atoms with van der Waals surface area (Å²) in [6.45, 7) is 6.90. The standard InChI is InChI=1S/C19H29N5S/c1-16(2)21-19(25)24(12-5-11-23-13-10-20-15-23)14-17-6-8-18(9-7-17)22(3)4/h6-10,13,15-16H,5,11-12,14H2,1-4H3,(H,21,25). The highest BCUT2D eigenvalue weighted by atomic mass is 32.1. The third-order valence-corrected chi connectivity index (χ3v) is 4.31. The molecule has 0 radical (unpaired) electrons. The molecule has 5 nitrogen and oxygen atoms in total. The van der Waals surface area contributed by atoms with Crippen LogP contribution in [-0.4, -0.2) is 46.2 Å². The molecule has 0 aliphatic heterocycles. The van der Waals surface area contributed by atoms with Crippen molar-refractivity contribution in [1.29, 1.82) is 0 Å². The summed E-state index contributed by atoms with van der Waals surface area (Å²) in [4.78, 5) is 8.45. The number of benzene rings is 1. The summed E-state index contributed by atoms with van der Waals surface area (Å²) in [5.74, 6) is 0. The van der Waals surface area contributed by atoms with Gasteiger partial charge in [-0.05, 0) is 50.2 Å². The van der Waals surface area contributed by atoms with Gasteiger partial charge in [0, 0.05) is 57.9 Å². The van der Waals surface area contributed by atoms with Crippen LogP contribution in [-0.2, 0) is 13.1 Å². The fraction of sp³-hybridized carbons (Fsp3) is 0.474. The number of hydrogen-bond acceptors (Lipinski definition) is 3. The first-order valence-corrected chi connectivity index (χ1v) is 9.14. The molecule has 0 spiro atoms. The maximum atomic E-state index is 5.62. The number of anilines is 1. The first kappa shape index (κ1) is 19.2. The number of thiocarbonyl (C=S) groups is 1. The van der Waals surface area contributed by atoms with Gasteiger partial charge in [0.05, 0.1) is 6.33 Å². The Morgan fingerprint density at radius 2 is 1.96 bits per heavy atom. The molecule has 1 N–H and O–H groups in total. The Hall–Kier alpha value is -2.08. The van der Waals surface area contributed by atoms with Crippen LogP contribution in [0.2, 0.25) is 0 Å². The molecule has 2 rings (SSSR count). The summed E-state index contributed by atoms with van der Waals surface area (Å²) < 4.78 is 2.10. The molecule has 0 atom stereocenters. The van der Waals surface area contributed by atoms with Crippen molar-refractivity contribution in [3.8, 4) is 0 Å². The minimum atomic E-state index is 0.333. The Labute approximate surface area is 156 Å². The second kappa shape index (κ2) is 9.42. The van der Waals surface area contributed by atoms with E-state index in [1.165, 1.54) is 11.3 Å². The van der Waals surface area contributed by atoms with Gasteiger partial charge in [0.2, 0.25) is 0 Å². The van der Waals surface area contributed by atoms with Crippen molar-refractivity contribution in [1.82, 2.24) is 19.8 Å². The fourth-order valence-electron chi connectivity index (χ4n) is 2.57. The van der Waals surface area contributed by atoms with Gasteiger partial charge in [0.15, 0.2) is 5.11 Å². The predicted octanol–water partition coefficient (Wildman–Crippen LogP) is 3.12. The number of nitrogens with zero attached hydrogens (tertiary/aromatic N) is 4. The predicted molar refractivity (Wildman–Crippen MR) is 109 cm³/mol. The number of nitrogens with one attached hydrogen (secondary N) is 1. The van der Waals surface area contributed by atoms with Crippen LogP contribution < -0.4 is 10.2 Å². The van der Waals surface area contributed by atoms with E-state index < -0.39 is 0 Å². The fourth-order valence-corrected chi connectivity index (χ4v) is 2.97. The lowest BCUT2D eigenvalue weighted by atomic mass is 10.2. The average molecular weight is 360 g/mol. The number of imidazole rings is 1. The largest absolute Gasteiger partial charge is 0.378 e. The summed E-state index contributed by atoms with van der Waals surface area (Å²) in [6.07, 6.45) is 6.69. The SMILES string of the molecule is CC(C)NC(=S)N(CCCn1ccnc1)Cc1ccc(N(C)C)cc1. The molecule has 0 aliphatic rings. The zero-order valence-corrected chi connectivity index (χ0v) is 16.5. The van der Waals surface area contributed by atoms with E-state index in [0.717, 1.165) is 31.2 Å². The first-order chi connectivity index (χ1) is 12.0. The summed E-state index contributed by atoms with van der Waals surface area (Å²) in [7, 11) is 4.11. The minimum absolute atomic E-state index is 0.333. The Balaban J connectivity index is 1.98. The number of hydrogen-bond donors (Lipinski definition) is 1. The van der Waals surface area contributed by atoms with Crippen molar-refractivity contribution < 1.29 is 0 Å². The number of aryl methyl sites for hydroxylation is 1. The van der Waals surface area contributed by atoms with Crippen LogP contribution in [0, 0.1) is 0 Å². The van der Waals surface area contributed by atoms with Crippen LogP contribution >= 0.6 is 12.2 Å². The second-order valence-electron chi connectivity index (χ2n) is 6.74. The molecule has 1 heterocycles. The molecule has 1 aromatic heterocycles. The van der Waals surface area contributed by atoms with E-state index in [1.807, 2.05) is 18.7 Å². The molecule has 25 heavy (non-hydrogen) atoms. The Kier molecular flexibility index (Phi) is 7.25. The van der Waals surface area contributed by atoms with Gasteiger partial charge in [-0.15, -0.1) is 0 Å². The molecule has 0 amide bonds. The second-order valence-corrected chi connectivity index (χ2v) is 7.13. The molecule has 0 saturated heterocycles. The highest BCUT2D eigenvalue weighted by Gasteiger charge is 2.11. The van der Waals surface area contributed by atoms with E-state index in [4.69, 9.17) is 12.2 Å². The third kappa shape index (κ3) is 6.38. The molecular weight excluding hydrogens is 330 g/mol. The topological polar surface area (TPSA) is 36.3 Å². The lowest BCUT2D eigenvalue weighted by molar-refractivity contribution is 0.381. The van der Waals surface area contributed by atoms with Gasteiger partial charge in [-0.2, -0.15) is 0 Å². The Morgan fingerprint density at radius 3 is 2.52 bits per heavy atom. The quantitative estimate of drug-likeness (QED) is 0.733. The average Bonchev–Trinajstić information content (AvgIpc) is 3.07. The molecule has 1 aromatic carbocycles. The molecule has 2 aromatic rings. The number of aromatic nitrogens is 2. The van der Waals surface area contributed by atoms with Crippen LogP contribution in [0.15, 0.2) is 43.0 Å². The van der Waals surface area contributed by atoms with Crippen LogP contribution in [0.4, 0.5) is 5.69 Å². The van der Waals surface area contributed by atoms with Crippen molar-refractivity contribution >= 4 is 23.0 Å². The maximum Gasteiger partial charge on any atom is 0.169 e. The third-order valence-electron chi connectivity index (χ3n) is 3.93. The molecule has 0 aliphatic carbocycles. The van der Waals surface area contributed by atoms with E-state index in [0.29, 0.717) is 6.04 Å². The van der Waals surface area contributed by atoms with Crippen molar-refractivity contribution in [3.05, 3.63) is 48.5 Å². The molecule has 0 fully saturated rings. The number of rotatable bonds is 8. The van der Waals surface area contributed by atoms with Crippen molar-refractivity contribution in [2.24, 2.45) is 0 Å². The van der Waals surface area contributed by atoms with Gasteiger partial charge in [0.1, 0.15) is 0 Å². The zero-order chi connectivity index (χ0) is 18.2. The molecule has 0 unspecified atom stereocenters. The van der Waals surface area contributed by atoms with Gasteiger partial charge in [0.25, 0.3) is 0 Å². The van der Waals surface area contributed by atoms with Crippen LogP contribution in [0.3, 0.4) is 0 Å². The van der Waals surface area contributed by atoms with Crippen molar-refractivity contribution in [2.45, 2.75) is 39.4 Å². The summed E-state index contributed by atoms with van der Waals surface area (Å²) in [5, 5.41) is 4.18. The van der Waals surface area contributed by atoms with Crippen LogP contribution in [0.1, 0.15) is 25.8 Å². The zero-order valence-electron chi connectivity index (χ0n) is 15.6. The van der Waals surface area contributed by atoms with Gasteiger partial charge in [-0.3, -0.25) is 0 Å². The van der Waals surface area contributed by atoms with Gasteiger partial charge < -0.3 is 19.7 Å². The molecule has 6 heteroatoms. The molecular formula is C19H29N5S. The molecule has 0 saturated carbocycles. The Morgan fingerprint density at radius 1 is 1.24 bits per heavy atom. The molecule has 0 bridgehead atoms. The highest BCUT2D eigenvalue weighted by molar-refractivity contribution is 7.80. The van der Waals surface area contributed by atoms with E-state index in [9.17, 15) is 0 Å². The summed E-state index contributed by atoms with van der Waals surface area (Å²) in [5.41, 5.74) is 2.47. The van der Waals surface area contributed by atoms with Crippen LogP contribution in [0.5, 0.6) is 0 Å². The summed E-state index contributed by atoms with van der Waals surface area (Å²) >= 11 is 5.62. The molecule has 136 valence electrons. The van der Waals surface area contributed by atoms with Gasteiger partial charge in [-0.1, -0.05) is 12.1 Å². The summed E-state index contributed by atoms with van der Waals surface area (Å²) in [6, 6.07) is 8.99. The highest BCUT2D eigenvalue weighted by Crippen LogP contribution is 2.14. The van der Waals surface area contributed by atoms with Crippen molar-refractivity contribution in [2.75, 3.05) is 25.5 Å². The van der Waals surface area contributed by atoms with Crippen molar-refractivity contribution in [3.63, 3.8) is 0 Å². The van der Waals surface area contributed by atoms with Crippen LogP contribution in [0.25, 0.3) is 0 Å². The normalized spacial score (nSPS) is 10.8. The Bertz CT molecular complexity index is 634. The van der Waals surface area contributed by atoms with E-state index in [1.54, 1.807) is 0 Å². The van der Waals surface area contributed by atoms with Gasteiger partial charge in [-0.25, -0.2) is 4.98 Å².